The van der Waals surface area contributed by atoms with Gasteiger partial charge in [-0.15, -0.1) is 5.10 Å². The first kappa shape index (κ1) is 16.8. The number of hydrogen-bond donors (Lipinski definition) is 2. The van der Waals surface area contributed by atoms with Gasteiger partial charge in [0.2, 0.25) is 5.95 Å². The van der Waals surface area contributed by atoms with Crippen molar-refractivity contribution in [1.82, 2.24) is 24.1 Å². The van der Waals surface area contributed by atoms with E-state index >= 15 is 0 Å². The Kier molecular flexibility index (Phi) is 4.17. The maximum atomic E-state index is 9.72. The fourth-order valence-corrected chi connectivity index (χ4v) is 3.73. The minimum atomic E-state index is 0.0961. The summed E-state index contributed by atoms with van der Waals surface area (Å²) in [5.74, 6) is 1.98. The van der Waals surface area contributed by atoms with Crippen molar-refractivity contribution in [1.29, 1.82) is 0 Å². The van der Waals surface area contributed by atoms with Crippen molar-refractivity contribution in [2.75, 3.05) is 23.4 Å². The maximum absolute atomic E-state index is 9.72. The number of aliphatic hydroxyl groups is 1. The normalized spacial score (nSPS) is 16.8. The van der Waals surface area contributed by atoms with Gasteiger partial charge in [-0.1, -0.05) is 18.2 Å². The lowest BCUT2D eigenvalue weighted by Gasteiger charge is -2.25. The summed E-state index contributed by atoms with van der Waals surface area (Å²) in [6.45, 7) is 1.01. The Morgan fingerprint density at radius 1 is 1.14 bits per heavy atom. The van der Waals surface area contributed by atoms with E-state index in [4.69, 9.17) is 4.98 Å². The van der Waals surface area contributed by atoms with Crippen molar-refractivity contribution in [3.05, 3.63) is 61.2 Å². The molecule has 2 N–H and O–H groups in total. The van der Waals surface area contributed by atoms with Crippen molar-refractivity contribution < 1.29 is 5.11 Å². The summed E-state index contributed by atoms with van der Waals surface area (Å²) in [6, 6.07) is 14.1. The van der Waals surface area contributed by atoms with Crippen LogP contribution in [0.3, 0.4) is 0 Å². The van der Waals surface area contributed by atoms with Crippen LogP contribution in [0, 0.1) is 0 Å². The Labute approximate surface area is 162 Å². The van der Waals surface area contributed by atoms with E-state index in [1.807, 2.05) is 63.9 Å². The number of rotatable bonds is 5. The molecule has 1 saturated heterocycles. The summed E-state index contributed by atoms with van der Waals surface area (Å²) in [5, 5.41) is 17.5. The number of anilines is 3. The van der Waals surface area contributed by atoms with Crippen LogP contribution < -0.4 is 10.2 Å². The molecular weight excluding hydrogens is 354 g/mol. The lowest BCUT2D eigenvalue weighted by molar-refractivity contribution is 0.266. The molecule has 1 fully saturated rings. The van der Waals surface area contributed by atoms with Gasteiger partial charge in [0.25, 0.3) is 0 Å². The number of imidazole rings is 1. The number of aliphatic hydroxyl groups excluding tert-OH is 1. The molecule has 0 unspecified atom stereocenters. The van der Waals surface area contributed by atoms with Crippen LogP contribution >= 0.6 is 0 Å². The van der Waals surface area contributed by atoms with Gasteiger partial charge in [-0.2, -0.15) is 4.98 Å². The van der Waals surface area contributed by atoms with Gasteiger partial charge in [0.05, 0.1) is 18.8 Å². The van der Waals surface area contributed by atoms with Crippen molar-refractivity contribution in [3.8, 4) is 5.69 Å². The molecule has 1 aromatic carbocycles. The molecule has 1 aliphatic heterocycles. The number of benzene rings is 1. The average molecular weight is 375 g/mol. The molecule has 4 heterocycles. The zero-order valence-corrected chi connectivity index (χ0v) is 15.3. The third-order valence-corrected chi connectivity index (χ3v) is 5.11. The summed E-state index contributed by atoms with van der Waals surface area (Å²) in [5.41, 5.74) is 1.97. The van der Waals surface area contributed by atoms with E-state index in [9.17, 15) is 5.11 Å². The number of nitrogens with one attached hydrogen (secondary N) is 1. The van der Waals surface area contributed by atoms with Crippen molar-refractivity contribution >= 4 is 23.1 Å². The van der Waals surface area contributed by atoms with Crippen LogP contribution in [0.1, 0.15) is 12.8 Å². The van der Waals surface area contributed by atoms with Gasteiger partial charge >= 0.3 is 0 Å². The predicted octanol–water partition coefficient (Wildman–Crippen LogP) is 2.62. The number of fused-ring (bicyclic) bond motifs is 1. The van der Waals surface area contributed by atoms with E-state index in [2.05, 4.69) is 20.3 Å². The van der Waals surface area contributed by atoms with Gasteiger partial charge in [-0.05, 0) is 37.1 Å². The first-order chi connectivity index (χ1) is 13.8. The molecular formula is C20H21N7O. The van der Waals surface area contributed by atoms with Crippen LogP contribution in [-0.4, -0.2) is 48.4 Å². The fourth-order valence-electron chi connectivity index (χ4n) is 3.73. The van der Waals surface area contributed by atoms with Crippen LogP contribution in [-0.2, 0) is 0 Å². The molecule has 0 amide bonds. The van der Waals surface area contributed by atoms with Gasteiger partial charge in [0, 0.05) is 18.4 Å². The molecule has 0 saturated carbocycles. The minimum Gasteiger partial charge on any atom is -0.394 e. The summed E-state index contributed by atoms with van der Waals surface area (Å²) < 4.78 is 3.76. The molecule has 0 radical (unpaired) electrons. The van der Waals surface area contributed by atoms with Crippen molar-refractivity contribution in [2.45, 2.75) is 18.9 Å². The quantitative estimate of drug-likeness (QED) is 0.558. The smallest absolute Gasteiger partial charge is 0.248 e. The molecule has 0 bridgehead atoms. The molecule has 0 spiro atoms. The third-order valence-electron chi connectivity index (χ3n) is 5.11. The molecule has 28 heavy (non-hydrogen) atoms. The molecule has 4 aromatic rings. The van der Waals surface area contributed by atoms with Crippen LogP contribution in [0.4, 0.5) is 17.6 Å². The number of nitrogens with zero attached hydrogens (tertiary/aromatic N) is 6. The Morgan fingerprint density at radius 2 is 2.04 bits per heavy atom. The molecule has 3 aromatic heterocycles. The lowest BCUT2D eigenvalue weighted by Crippen LogP contribution is -2.33. The van der Waals surface area contributed by atoms with E-state index in [0.29, 0.717) is 11.8 Å². The molecule has 8 heteroatoms. The van der Waals surface area contributed by atoms with Crippen LogP contribution in [0.25, 0.3) is 11.2 Å². The Morgan fingerprint density at radius 3 is 2.89 bits per heavy atom. The summed E-state index contributed by atoms with van der Waals surface area (Å²) in [4.78, 5) is 11.3. The Hall–Kier alpha value is -3.39. The second kappa shape index (κ2) is 6.97. The van der Waals surface area contributed by atoms with Crippen molar-refractivity contribution in [2.24, 2.45) is 0 Å². The molecule has 142 valence electrons. The van der Waals surface area contributed by atoms with E-state index in [1.165, 1.54) is 0 Å². The fraction of sp³-hybridized carbons (Fsp3) is 0.250. The summed E-state index contributed by atoms with van der Waals surface area (Å²) in [6.07, 6.45) is 7.59. The molecule has 1 aliphatic rings. The highest BCUT2D eigenvalue weighted by molar-refractivity contribution is 5.71. The molecule has 1 atom stereocenters. The lowest BCUT2D eigenvalue weighted by atomic mass is 10.2. The monoisotopic (exact) mass is 375 g/mol. The number of para-hydroxylation sites is 1. The first-order valence-electron chi connectivity index (χ1n) is 9.41. The van der Waals surface area contributed by atoms with Gasteiger partial charge < -0.3 is 19.9 Å². The van der Waals surface area contributed by atoms with Crippen LogP contribution in [0.15, 0.2) is 61.2 Å². The zero-order chi connectivity index (χ0) is 18.9. The number of aromatic nitrogens is 5. The van der Waals surface area contributed by atoms with Gasteiger partial charge in [-0.25, -0.2) is 9.50 Å². The Balaban J connectivity index is 1.48. The first-order valence-corrected chi connectivity index (χ1v) is 9.41. The minimum absolute atomic E-state index is 0.0961. The van der Waals surface area contributed by atoms with Crippen molar-refractivity contribution in [3.63, 3.8) is 0 Å². The van der Waals surface area contributed by atoms with E-state index in [1.54, 1.807) is 6.33 Å². The molecule has 5 rings (SSSR count). The average Bonchev–Trinajstić information content (AvgIpc) is 3.48. The predicted molar refractivity (Wildman–Crippen MR) is 107 cm³/mol. The second-order valence-corrected chi connectivity index (χ2v) is 6.90. The zero-order valence-electron chi connectivity index (χ0n) is 15.3. The highest BCUT2D eigenvalue weighted by Crippen LogP contribution is 2.29. The second-order valence-electron chi connectivity index (χ2n) is 6.90. The Bertz CT molecular complexity index is 1090. The van der Waals surface area contributed by atoms with Gasteiger partial charge in [0.1, 0.15) is 11.8 Å². The highest BCUT2D eigenvalue weighted by atomic mass is 16.3. The largest absolute Gasteiger partial charge is 0.394 e. The van der Waals surface area contributed by atoms with E-state index in [-0.39, 0.29) is 12.6 Å². The third kappa shape index (κ3) is 2.97. The standard InChI is InChI=1S/C20H21N7O/c28-13-16-8-4-10-26(16)19-17-9-5-11-27(17)24-20(23-19)22-18-12-25(14-21-18)15-6-2-1-3-7-15/h1-3,5-7,9,11-12,14,16,28H,4,8,10,13H2,(H,22,24)/t16-/m0/s1. The maximum Gasteiger partial charge on any atom is 0.248 e. The van der Waals surface area contributed by atoms with Crippen LogP contribution in [0.2, 0.25) is 0 Å². The number of hydrogen-bond acceptors (Lipinski definition) is 6. The highest BCUT2D eigenvalue weighted by Gasteiger charge is 2.27. The SMILES string of the molecule is OC[C@@H]1CCCN1c1nc(Nc2cn(-c3ccccc3)cn2)nn2cccc12. The van der Waals surface area contributed by atoms with Gasteiger partial charge in [0.15, 0.2) is 11.6 Å². The molecule has 8 nitrogen and oxygen atoms in total. The molecule has 0 aliphatic carbocycles. The topological polar surface area (TPSA) is 83.5 Å². The summed E-state index contributed by atoms with van der Waals surface area (Å²) >= 11 is 0. The van der Waals surface area contributed by atoms with E-state index in [0.717, 1.165) is 36.4 Å². The van der Waals surface area contributed by atoms with Gasteiger partial charge in [-0.3, -0.25) is 0 Å². The van der Waals surface area contributed by atoms with Crippen LogP contribution in [0.5, 0.6) is 0 Å². The summed E-state index contributed by atoms with van der Waals surface area (Å²) in [7, 11) is 0. The van der Waals surface area contributed by atoms with E-state index < -0.39 is 0 Å².